The lowest BCUT2D eigenvalue weighted by atomic mass is 10.2. The van der Waals surface area contributed by atoms with Gasteiger partial charge in [0, 0.05) is 20.4 Å². The number of thiophene rings is 1. The van der Waals surface area contributed by atoms with Gasteiger partial charge in [0.2, 0.25) is 0 Å². The molecule has 0 saturated heterocycles. The van der Waals surface area contributed by atoms with Crippen molar-refractivity contribution >= 4 is 23.1 Å². The predicted molar refractivity (Wildman–Crippen MR) is 92.0 cm³/mol. The first-order valence-corrected chi connectivity index (χ1v) is 8.98. The Balaban J connectivity index is 1.98. The van der Waals surface area contributed by atoms with Gasteiger partial charge in [-0.3, -0.25) is 0 Å². The molecule has 0 spiro atoms. The molecule has 2 rings (SSSR count). The molecule has 0 bridgehead atoms. The fraction of sp³-hybridized carbons (Fsp3) is 0.412. The van der Waals surface area contributed by atoms with Gasteiger partial charge < -0.3 is 5.32 Å². The van der Waals surface area contributed by atoms with Crippen LogP contribution in [0.5, 0.6) is 0 Å². The van der Waals surface area contributed by atoms with Crippen molar-refractivity contribution < 1.29 is 0 Å². The molecule has 0 aliphatic carbocycles. The second kappa shape index (κ2) is 7.87. The number of hydrogen-bond donors (Lipinski definition) is 1. The monoisotopic (exact) mass is 305 g/mol. The van der Waals surface area contributed by atoms with Crippen LogP contribution in [0, 0.1) is 13.8 Å². The van der Waals surface area contributed by atoms with Crippen molar-refractivity contribution in [1.29, 1.82) is 0 Å². The van der Waals surface area contributed by atoms with Crippen LogP contribution < -0.4 is 5.32 Å². The maximum absolute atomic E-state index is 3.67. The van der Waals surface area contributed by atoms with Gasteiger partial charge in [-0.15, -0.1) is 23.1 Å². The van der Waals surface area contributed by atoms with Gasteiger partial charge >= 0.3 is 0 Å². The Morgan fingerprint density at radius 2 is 1.85 bits per heavy atom. The summed E-state index contributed by atoms with van der Waals surface area (Å²) in [6.07, 6.45) is 1.18. The molecule has 1 N–H and O–H groups in total. The molecule has 1 nitrogen and oxygen atoms in total. The van der Waals surface area contributed by atoms with Crippen molar-refractivity contribution in [3.63, 3.8) is 0 Å². The molecule has 0 saturated carbocycles. The molecule has 0 amide bonds. The van der Waals surface area contributed by atoms with Crippen LogP contribution in [0.1, 0.15) is 34.7 Å². The highest BCUT2D eigenvalue weighted by atomic mass is 32.2. The fourth-order valence-electron chi connectivity index (χ4n) is 2.01. The van der Waals surface area contributed by atoms with Gasteiger partial charge in [0.15, 0.2) is 0 Å². The van der Waals surface area contributed by atoms with Gasteiger partial charge in [-0.1, -0.05) is 24.6 Å². The molecule has 1 unspecified atom stereocenters. The minimum atomic E-state index is 0.458. The molecular formula is C17H23NS2. The maximum Gasteiger partial charge on any atom is 0.0510 e. The third-order valence-electron chi connectivity index (χ3n) is 3.18. The molecule has 1 aromatic carbocycles. The van der Waals surface area contributed by atoms with Crippen molar-refractivity contribution in [1.82, 2.24) is 5.32 Å². The number of hydrogen-bond acceptors (Lipinski definition) is 3. The molecule has 0 aliphatic heterocycles. The summed E-state index contributed by atoms with van der Waals surface area (Å²) in [5.74, 6) is 1.09. The summed E-state index contributed by atoms with van der Waals surface area (Å²) in [6, 6.07) is 13.8. The van der Waals surface area contributed by atoms with E-state index < -0.39 is 0 Å². The number of thioether (sulfide) groups is 1. The standard InChI is InChI=1S/C17H23NS2/c1-4-11-18-16(17-10-7-14(3)20-17)12-19-15-8-5-13(2)6-9-15/h5-10,16,18H,4,11-12H2,1-3H3. The molecule has 0 fully saturated rings. The molecule has 1 aromatic heterocycles. The largest absolute Gasteiger partial charge is 0.309 e. The van der Waals surface area contributed by atoms with Crippen molar-refractivity contribution in [2.45, 2.75) is 38.1 Å². The van der Waals surface area contributed by atoms with Gasteiger partial charge in [0.1, 0.15) is 0 Å². The summed E-state index contributed by atoms with van der Waals surface area (Å²) in [4.78, 5) is 4.20. The lowest BCUT2D eigenvalue weighted by Gasteiger charge is -2.17. The van der Waals surface area contributed by atoms with Gasteiger partial charge in [0.25, 0.3) is 0 Å². The van der Waals surface area contributed by atoms with Gasteiger partial charge in [0.05, 0.1) is 6.04 Å². The molecule has 0 aliphatic rings. The van der Waals surface area contributed by atoms with E-state index in [2.05, 4.69) is 62.5 Å². The predicted octanol–water partition coefficient (Wildman–Crippen LogP) is 5.20. The van der Waals surface area contributed by atoms with Crippen LogP contribution in [0.3, 0.4) is 0 Å². The van der Waals surface area contributed by atoms with Gasteiger partial charge in [-0.25, -0.2) is 0 Å². The first kappa shape index (κ1) is 15.6. The summed E-state index contributed by atoms with van der Waals surface area (Å²) in [5.41, 5.74) is 1.32. The second-order valence-electron chi connectivity index (χ2n) is 5.08. The summed E-state index contributed by atoms with van der Waals surface area (Å²) in [6.45, 7) is 7.61. The van der Waals surface area contributed by atoms with Crippen LogP contribution in [-0.2, 0) is 0 Å². The molecule has 2 aromatic rings. The number of aryl methyl sites for hydroxylation is 2. The quantitative estimate of drug-likeness (QED) is 0.706. The minimum absolute atomic E-state index is 0.458. The topological polar surface area (TPSA) is 12.0 Å². The van der Waals surface area contributed by atoms with Crippen LogP contribution in [0.25, 0.3) is 0 Å². The normalized spacial score (nSPS) is 12.6. The van der Waals surface area contributed by atoms with Crippen molar-refractivity contribution in [2.75, 3.05) is 12.3 Å². The fourth-order valence-corrected chi connectivity index (χ4v) is 4.06. The zero-order chi connectivity index (χ0) is 14.4. The molecular weight excluding hydrogens is 282 g/mol. The average Bonchev–Trinajstić information content (AvgIpc) is 2.87. The van der Waals surface area contributed by atoms with E-state index in [0.717, 1.165) is 12.3 Å². The molecule has 1 heterocycles. The SMILES string of the molecule is CCCNC(CSc1ccc(C)cc1)c1ccc(C)s1. The maximum atomic E-state index is 3.67. The third kappa shape index (κ3) is 4.65. The summed E-state index contributed by atoms with van der Waals surface area (Å²) in [5, 5.41) is 3.67. The summed E-state index contributed by atoms with van der Waals surface area (Å²) in [7, 11) is 0. The minimum Gasteiger partial charge on any atom is -0.309 e. The number of rotatable bonds is 7. The zero-order valence-electron chi connectivity index (χ0n) is 12.5. The molecule has 108 valence electrons. The number of benzene rings is 1. The Bertz CT molecular complexity index is 516. The van der Waals surface area contributed by atoms with Gasteiger partial charge in [-0.2, -0.15) is 0 Å². The lowest BCUT2D eigenvalue weighted by Crippen LogP contribution is -2.23. The Morgan fingerprint density at radius 1 is 1.10 bits per heavy atom. The highest BCUT2D eigenvalue weighted by Crippen LogP contribution is 2.29. The molecule has 1 atom stereocenters. The van der Waals surface area contributed by atoms with E-state index in [1.807, 2.05) is 23.1 Å². The van der Waals surface area contributed by atoms with Crippen molar-refractivity contribution in [3.8, 4) is 0 Å². The summed E-state index contributed by atoms with van der Waals surface area (Å²) >= 11 is 3.84. The van der Waals surface area contributed by atoms with Crippen molar-refractivity contribution in [3.05, 3.63) is 51.7 Å². The van der Waals surface area contributed by atoms with Crippen LogP contribution >= 0.6 is 23.1 Å². The van der Waals surface area contributed by atoms with E-state index in [1.54, 1.807) is 0 Å². The Labute approximate surface area is 130 Å². The molecule has 3 heteroatoms. The van der Waals surface area contributed by atoms with E-state index in [4.69, 9.17) is 0 Å². The van der Waals surface area contributed by atoms with Crippen LogP contribution in [0.15, 0.2) is 41.3 Å². The first-order chi connectivity index (χ1) is 9.69. The van der Waals surface area contributed by atoms with E-state index in [-0.39, 0.29) is 0 Å². The van der Waals surface area contributed by atoms with E-state index in [9.17, 15) is 0 Å². The van der Waals surface area contributed by atoms with E-state index in [1.165, 1.54) is 26.6 Å². The van der Waals surface area contributed by atoms with Crippen LogP contribution in [0.2, 0.25) is 0 Å². The Morgan fingerprint density at radius 3 is 2.45 bits per heavy atom. The second-order valence-corrected chi connectivity index (χ2v) is 7.49. The highest BCUT2D eigenvalue weighted by Gasteiger charge is 2.13. The number of nitrogens with one attached hydrogen (secondary N) is 1. The Kier molecular flexibility index (Phi) is 6.14. The zero-order valence-corrected chi connectivity index (χ0v) is 14.1. The molecule has 20 heavy (non-hydrogen) atoms. The highest BCUT2D eigenvalue weighted by molar-refractivity contribution is 7.99. The van der Waals surface area contributed by atoms with Crippen LogP contribution in [-0.4, -0.2) is 12.3 Å². The van der Waals surface area contributed by atoms with E-state index in [0.29, 0.717) is 6.04 Å². The van der Waals surface area contributed by atoms with Gasteiger partial charge in [-0.05, 0) is 51.1 Å². The molecule has 0 radical (unpaired) electrons. The van der Waals surface area contributed by atoms with Crippen LogP contribution in [0.4, 0.5) is 0 Å². The average molecular weight is 306 g/mol. The lowest BCUT2D eigenvalue weighted by molar-refractivity contribution is 0.585. The Hall–Kier alpha value is -0.770. The first-order valence-electron chi connectivity index (χ1n) is 7.18. The third-order valence-corrected chi connectivity index (χ3v) is 5.40. The smallest absolute Gasteiger partial charge is 0.0510 e. The van der Waals surface area contributed by atoms with E-state index >= 15 is 0 Å². The van der Waals surface area contributed by atoms with Crippen molar-refractivity contribution in [2.24, 2.45) is 0 Å². The summed E-state index contributed by atoms with van der Waals surface area (Å²) < 4.78 is 0.